The maximum absolute atomic E-state index is 12.2. The minimum absolute atomic E-state index is 0.00582. The summed E-state index contributed by atoms with van der Waals surface area (Å²) in [7, 11) is 1.51. The van der Waals surface area contributed by atoms with Crippen LogP contribution in [0, 0.1) is 0 Å². The third kappa shape index (κ3) is 5.13. The third-order valence-electron chi connectivity index (χ3n) is 3.53. The molecular formula is C17H21N3O5. The Hall–Kier alpha value is -2.71. The molecule has 0 radical (unpaired) electrons. The monoisotopic (exact) mass is 347 g/mol. The van der Waals surface area contributed by atoms with Crippen molar-refractivity contribution in [3.8, 4) is 5.75 Å². The van der Waals surface area contributed by atoms with Crippen LogP contribution in [0.2, 0.25) is 0 Å². The number of aromatic nitrogens is 2. The number of nitrogens with one attached hydrogen (secondary N) is 1. The van der Waals surface area contributed by atoms with Crippen molar-refractivity contribution < 1.29 is 24.5 Å². The summed E-state index contributed by atoms with van der Waals surface area (Å²) < 4.78 is 5.60. The number of carbonyl (C=O) groups is 2. The Labute approximate surface area is 145 Å². The topological polar surface area (TPSA) is 116 Å². The molecule has 0 fully saturated rings. The second kappa shape index (κ2) is 8.41. The lowest BCUT2D eigenvalue weighted by Gasteiger charge is -2.18. The molecule has 0 aliphatic carbocycles. The summed E-state index contributed by atoms with van der Waals surface area (Å²) >= 11 is 0. The van der Waals surface area contributed by atoms with Crippen molar-refractivity contribution in [2.24, 2.45) is 0 Å². The van der Waals surface area contributed by atoms with Gasteiger partial charge in [-0.2, -0.15) is 5.10 Å². The number of nitrogens with zero attached hydrogens (tertiary/aromatic N) is 2. The molecule has 0 spiro atoms. The van der Waals surface area contributed by atoms with Crippen LogP contribution in [0.1, 0.15) is 33.5 Å². The molecule has 0 unspecified atom stereocenters. The van der Waals surface area contributed by atoms with E-state index in [4.69, 9.17) is 9.84 Å². The van der Waals surface area contributed by atoms with Gasteiger partial charge in [0.25, 0.3) is 5.91 Å². The van der Waals surface area contributed by atoms with Crippen LogP contribution < -0.4 is 4.74 Å². The first-order valence-electron chi connectivity index (χ1n) is 7.73. The largest absolute Gasteiger partial charge is 0.487 e. The number of likely N-dealkylation sites (N-methyl/N-ethyl adjacent to an activating group) is 1. The van der Waals surface area contributed by atoms with Crippen LogP contribution in [0.25, 0.3) is 0 Å². The zero-order valence-corrected chi connectivity index (χ0v) is 14.1. The number of ether oxygens (including phenoxy) is 1. The van der Waals surface area contributed by atoms with E-state index in [1.807, 2.05) is 0 Å². The molecule has 1 heterocycles. The van der Waals surface area contributed by atoms with E-state index < -0.39 is 12.7 Å². The van der Waals surface area contributed by atoms with Gasteiger partial charge in [-0.25, -0.2) is 0 Å². The van der Waals surface area contributed by atoms with Crippen LogP contribution >= 0.6 is 0 Å². The van der Waals surface area contributed by atoms with Crippen molar-refractivity contribution in [3.05, 3.63) is 47.3 Å². The van der Waals surface area contributed by atoms with Crippen LogP contribution in [0.3, 0.4) is 0 Å². The van der Waals surface area contributed by atoms with Crippen molar-refractivity contribution in [1.82, 2.24) is 15.1 Å². The minimum Gasteiger partial charge on any atom is -0.487 e. The SMILES string of the molecule is CC(=O)c1cccc(OCc2cc(C(=O)N(C)C[C@H](O)CO)n[nH]2)c1. The summed E-state index contributed by atoms with van der Waals surface area (Å²) in [5.74, 6) is 0.111. The molecule has 3 N–H and O–H groups in total. The van der Waals surface area contributed by atoms with E-state index in [9.17, 15) is 14.7 Å². The molecule has 8 heteroatoms. The van der Waals surface area contributed by atoms with Gasteiger partial charge in [-0.1, -0.05) is 12.1 Å². The Bertz CT molecular complexity index is 743. The van der Waals surface area contributed by atoms with Gasteiger partial charge in [0, 0.05) is 19.2 Å². The molecule has 0 bridgehead atoms. The third-order valence-corrected chi connectivity index (χ3v) is 3.53. The van der Waals surface area contributed by atoms with E-state index in [2.05, 4.69) is 10.2 Å². The van der Waals surface area contributed by atoms with Crippen molar-refractivity contribution in [2.75, 3.05) is 20.2 Å². The van der Waals surface area contributed by atoms with Gasteiger partial charge in [0.2, 0.25) is 0 Å². The molecule has 0 saturated carbocycles. The number of hydrogen-bond acceptors (Lipinski definition) is 6. The first-order chi connectivity index (χ1) is 11.9. The van der Waals surface area contributed by atoms with E-state index in [1.54, 1.807) is 30.3 Å². The first kappa shape index (κ1) is 18.6. The lowest BCUT2D eigenvalue weighted by atomic mass is 10.1. The highest BCUT2D eigenvalue weighted by Crippen LogP contribution is 2.15. The van der Waals surface area contributed by atoms with Crippen molar-refractivity contribution in [3.63, 3.8) is 0 Å². The second-order valence-corrected chi connectivity index (χ2v) is 5.67. The fourth-order valence-electron chi connectivity index (χ4n) is 2.16. The molecule has 0 aliphatic rings. The molecular weight excluding hydrogens is 326 g/mol. The zero-order valence-electron chi connectivity index (χ0n) is 14.1. The number of aromatic amines is 1. The van der Waals surface area contributed by atoms with Crippen molar-refractivity contribution in [1.29, 1.82) is 0 Å². The molecule has 1 amide bonds. The maximum Gasteiger partial charge on any atom is 0.274 e. The number of rotatable bonds is 8. The molecule has 1 aromatic heterocycles. The average Bonchev–Trinajstić information content (AvgIpc) is 3.08. The number of H-pyrrole nitrogens is 1. The summed E-state index contributed by atoms with van der Waals surface area (Å²) in [4.78, 5) is 24.8. The van der Waals surface area contributed by atoms with E-state index >= 15 is 0 Å². The van der Waals surface area contributed by atoms with Crippen LogP contribution in [0.4, 0.5) is 0 Å². The molecule has 1 aromatic carbocycles. The highest BCUT2D eigenvalue weighted by Gasteiger charge is 2.18. The highest BCUT2D eigenvalue weighted by atomic mass is 16.5. The van der Waals surface area contributed by atoms with E-state index in [0.717, 1.165) is 0 Å². The molecule has 0 saturated heterocycles. The summed E-state index contributed by atoms with van der Waals surface area (Å²) in [6, 6.07) is 8.38. The summed E-state index contributed by atoms with van der Waals surface area (Å²) in [6.07, 6.45) is -0.996. The standard InChI is InChI=1S/C17H21N3O5/c1-11(22)12-4-3-5-15(6-12)25-10-13-7-16(19-18-13)17(24)20(2)8-14(23)9-21/h3-7,14,21,23H,8-10H2,1-2H3,(H,18,19)/t14-/m0/s1. The smallest absolute Gasteiger partial charge is 0.274 e. The number of aliphatic hydroxyl groups excluding tert-OH is 2. The zero-order chi connectivity index (χ0) is 18.4. The van der Waals surface area contributed by atoms with Gasteiger partial charge in [-0.3, -0.25) is 14.7 Å². The van der Waals surface area contributed by atoms with Crippen molar-refractivity contribution >= 4 is 11.7 Å². The number of amides is 1. The second-order valence-electron chi connectivity index (χ2n) is 5.67. The molecule has 0 aliphatic heterocycles. The molecule has 2 rings (SSSR count). The van der Waals surface area contributed by atoms with Gasteiger partial charge in [0.1, 0.15) is 12.4 Å². The Morgan fingerprint density at radius 1 is 1.36 bits per heavy atom. The van der Waals surface area contributed by atoms with Crippen LogP contribution in [-0.2, 0) is 6.61 Å². The molecule has 134 valence electrons. The van der Waals surface area contributed by atoms with Gasteiger partial charge < -0.3 is 19.8 Å². The Morgan fingerprint density at radius 3 is 2.80 bits per heavy atom. The lowest BCUT2D eigenvalue weighted by Crippen LogP contribution is -2.36. The number of aliphatic hydroxyl groups is 2. The quantitative estimate of drug-likeness (QED) is 0.603. The van der Waals surface area contributed by atoms with Crippen LogP contribution in [0.5, 0.6) is 5.75 Å². The van der Waals surface area contributed by atoms with Crippen molar-refractivity contribution in [2.45, 2.75) is 19.6 Å². The van der Waals surface area contributed by atoms with Gasteiger partial charge in [-0.05, 0) is 25.1 Å². The average molecular weight is 347 g/mol. The normalized spacial score (nSPS) is 11.8. The first-order valence-corrected chi connectivity index (χ1v) is 7.73. The molecule has 1 atom stereocenters. The summed E-state index contributed by atoms with van der Waals surface area (Å²) in [5.41, 5.74) is 1.33. The minimum atomic E-state index is -0.996. The van der Waals surface area contributed by atoms with Gasteiger partial charge in [-0.15, -0.1) is 0 Å². The fraction of sp³-hybridized carbons (Fsp3) is 0.353. The number of benzene rings is 1. The summed E-state index contributed by atoms with van der Waals surface area (Å²) in [5, 5.41) is 24.9. The Balaban J connectivity index is 1.96. The Morgan fingerprint density at radius 2 is 2.12 bits per heavy atom. The van der Waals surface area contributed by atoms with E-state index in [1.165, 1.54) is 18.9 Å². The van der Waals surface area contributed by atoms with Crippen LogP contribution in [-0.4, -0.2) is 63.3 Å². The van der Waals surface area contributed by atoms with E-state index in [0.29, 0.717) is 17.0 Å². The molecule has 8 nitrogen and oxygen atoms in total. The van der Waals surface area contributed by atoms with E-state index in [-0.39, 0.29) is 30.5 Å². The van der Waals surface area contributed by atoms with Gasteiger partial charge in [0.05, 0.1) is 18.4 Å². The lowest BCUT2D eigenvalue weighted by molar-refractivity contribution is 0.0516. The van der Waals surface area contributed by atoms with Gasteiger partial charge >= 0.3 is 0 Å². The van der Waals surface area contributed by atoms with Crippen LogP contribution in [0.15, 0.2) is 30.3 Å². The number of hydrogen-bond donors (Lipinski definition) is 3. The molecule has 25 heavy (non-hydrogen) atoms. The predicted molar refractivity (Wildman–Crippen MR) is 89.4 cm³/mol. The highest BCUT2D eigenvalue weighted by molar-refractivity contribution is 5.94. The number of Topliss-reactive ketones (excluding diaryl/α,β-unsaturated/α-hetero) is 1. The number of carbonyl (C=O) groups excluding carboxylic acids is 2. The molecule has 2 aromatic rings. The predicted octanol–water partition coefficient (Wildman–Crippen LogP) is 0.616. The van der Waals surface area contributed by atoms with Gasteiger partial charge in [0.15, 0.2) is 11.5 Å². The fourth-order valence-corrected chi connectivity index (χ4v) is 2.16. The number of ketones is 1. The summed E-state index contributed by atoms with van der Waals surface area (Å²) in [6.45, 7) is 1.23. The Kier molecular flexibility index (Phi) is 6.26. The maximum atomic E-state index is 12.2.